The number of aromatic nitrogens is 1. The molecular formula is C15H22N4O2. The zero-order chi connectivity index (χ0) is 15.6. The van der Waals surface area contributed by atoms with E-state index in [1.54, 1.807) is 49.0 Å². The largest absolute Gasteiger partial charge is 0.370 e. The Balaban J connectivity index is 2.34. The normalized spacial score (nSPS) is 17.8. The number of carbonyl (C=O) groups is 2. The average Bonchev–Trinajstić information content (AvgIpc) is 2.45. The SMILES string of the molecule is CCNc1ncccc1C(=O)N1CCN(C)C(=O)C1(C)C. The zero-order valence-corrected chi connectivity index (χ0v) is 13.0. The number of pyridine rings is 1. The molecule has 1 fully saturated rings. The minimum atomic E-state index is -0.844. The Kier molecular flexibility index (Phi) is 4.16. The van der Waals surface area contributed by atoms with Gasteiger partial charge in [-0.1, -0.05) is 0 Å². The van der Waals surface area contributed by atoms with Gasteiger partial charge in [0.2, 0.25) is 5.91 Å². The molecule has 0 radical (unpaired) electrons. The molecule has 0 aliphatic carbocycles. The van der Waals surface area contributed by atoms with Crippen molar-refractivity contribution in [2.45, 2.75) is 26.3 Å². The third-order valence-electron chi connectivity index (χ3n) is 3.83. The van der Waals surface area contributed by atoms with Crippen molar-refractivity contribution < 1.29 is 9.59 Å². The molecule has 6 heteroatoms. The maximum absolute atomic E-state index is 12.8. The van der Waals surface area contributed by atoms with Crippen LogP contribution in [0.4, 0.5) is 5.82 Å². The van der Waals surface area contributed by atoms with Crippen molar-refractivity contribution in [3.8, 4) is 0 Å². The third kappa shape index (κ3) is 2.70. The summed E-state index contributed by atoms with van der Waals surface area (Å²) in [5.74, 6) is 0.355. The van der Waals surface area contributed by atoms with E-state index in [2.05, 4.69) is 10.3 Å². The smallest absolute Gasteiger partial charge is 0.258 e. The number of amides is 2. The van der Waals surface area contributed by atoms with Crippen molar-refractivity contribution in [1.82, 2.24) is 14.8 Å². The summed E-state index contributed by atoms with van der Waals surface area (Å²) < 4.78 is 0. The highest BCUT2D eigenvalue weighted by atomic mass is 16.2. The van der Waals surface area contributed by atoms with E-state index in [0.717, 1.165) is 0 Å². The Morgan fingerprint density at radius 1 is 1.43 bits per heavy atom. The summed E-state index contributed by atoms with van der Waals surface area (Å²) in [7, 11) is 1.76. The van der Waals surface area contributed by atoms with Crippen molar-refractivity contribution in [3.63, 3.8) is 0 Å². The van der Waals surface area contributed by atoms with Gasteiger partial charge in [-0.05, 0) is 32.9 Å². The maximum Gasteiger partial charge on any atom is 0.258 e. The van der Waals surface area contributed by atoms with Crippen molar-refractivity contribution in [3.05, 3.63) is 23.9 Å². The lowest BCUT2D eigenvalue weighted by atomic mass is 9.96. The molecule has 114 valence electrons. The lowest BCUT2D eigenvalue weighted by Gasteiger charge is -2.44. The number of carbonyl (C=O) groups excluding carboxylic acids is 2. The second-order valence-corrected chi connectivity index (χ2v) is 5.67. The number of likely N-dealkylation sites (N-methyl/N-ethyl adjacent to an activating group) is 1. The van der Waals surface area contributed by atoms with Gasteiger partial charge < -0.3 is 15.1 Å². The Morgan fingerprint density at radius 3 is 2.81 bits per heavy atom. The van der Waals surface area contributed by atoms with Crippen LogP contribution in [0.1, 0.15) is 31.1 Å². The molecule has 21 heavy (non-hydrogen) atoms. The molecule has 2 amide bonds. The summed E-state index contributed by atoms with van der Waals surface area (Å²) in [5.41, 5.74) is -0.339. The second-order valence-electron chi connectivity index (χ2n) is 5.67. The topological polar surface area (TPSA) is 65.5 Å². The molecule has 1 saturated heterocycles. The summed E-state index contributed by atoms with van der Waals surface area (Å²) in [6.45, 7) is 7.27. The van der Waals surface area contributed by atoms with Crippen LogP contribution in [0.25, 0.3) is 0 Å². The lowest BCUT2D eigenvalue weighted by Crippen LogP contribution is -2.63. The van der Waals surface area contributed by atoms with Gasteiger partial charge in [0.05, 0.1) is 5.56 Å². The molecule has 0 saturated carbocycles. The van der Waals surface area contributed by atoms with Gasteiger partial charge in [0.15, 0.2) is 0 Å². The van der Waals surface area contributed by atoms with E-state index in [4.69, 9.17) is 0 Å². The fourth-order valence-electron chi connectivity index (χ4n) is 2.60. The predicted octanol–water partition coefficient (Wildman–Crippen LogP) is 1.21. The summed E-state index contributed by atoms with van der Waals surface area (Å²) in [6.07, 6.45) is 1.65. The van der Waals surface area contributed by atoms with Crippen LogP contribution in [-0.2, 0) is 4.79 Å². The Bertz CT molecular complexity index is 556. The molecule has 1 aliphatic heterocycles. The van der Waals surface area contributed by atoms with Gasteiger partial charge >= 0.3 is 0 Å². The van der Waals surface area contributed by atoms with Crippen LogP contribution < -0.4 is 5.32 Å². The highest BCUT2D eigenvalue weighted by molar-refractivity contribution is 6.02. The average molecular weight is 290 g/mol. The Labute approximate surface area is 125 Å². The number of piperazine rings is 1. The molecule has 0 spiro atoms. The summed E-state index contributed by atoms with van der Waals surface area (Å²) in [5, 5.41) is 3.09. The molecule has 1 N–H and O–H groups in total. The van der Waals surface area contributed by atoms with Gasteiger partial charge in [-0.15, -0.1) is 0 Å². The predicted molar refractivity (Wildman–Crippen MR) is 81.2 cm³/mol. The minimum absolute atomic E-state index is 0.0454. The number of nitrogens with zero attached hydrogens (tertiary/aromatic N) is 3. The van der Waals surface area contributed by atoms with Crippen molar-refractivity contribution in [1.29, 1.82) is 0 Å². The van der Waals surface area contributed by atoms with Gasteiger partial charge in [-0.2, -0.15) is 0 Å². The number of rotatable bonds is 3. The number of nitrogens with one attached hydrogen (secondary N) is 1. The summed E-state index contributed by atoms with van der Waals surface area (Å²) in [4.78, 5) is 32.7. The minimum Gasteiger partial charge on any atom is -0.370 e. The van der Waals surface area contributed by atoms with E-state index >= 15 is 0 Å². The van der Waals surface area contributed by atoms with Gasteiger partial charge in [-0.25, -0.2) is 4.98 Å². The van der Waals surface area contributed by atoms with Gasteiger partial charge in [0.1, 0.15) is 11.4 Å². The maximum atomic E-state index is 12.8. The number of anilines is 1. The van der Waals surface area contributed by atoms with Gasteiger partial charge in [0.25, 0.3) is 5.91 Å². The number of hydrogen-bond donors (Lipinski definition) is 1. The molecule has 2 heterocycles. The Morgan fingerprint density at radius 2 is 2.14 bits per heavy atom. The molecule has 0 bridgehead atoms. The first-order valence-corrected chi connectivity index (χ1v) is 7.16. The lowest BCUT2D eigenvalue weighted by molar-refractivity contribution is -0.144. The van der Waals surface area contributed by atoms with E-state index in [9.17, 15) is 9.59 Å². The first-order valence-electron chi connectivity index (χ1n) is 7.16. The molecule has 1 aromatic rings. The van der Waals surface area contributed by atoms with Gasteiger partial charge in [0, 0.05) is 32.9 Å². The van der Waals surface area contributed by atoms with Crippen LogP contribution in [0.5, 0.6) is 0 Å². The fourth-order valence-corrected chi connectivity index (χ4v) is 2.60. The first-order chi connectivity index (χ1) is 9.89. The highest BCUT2D eigenvalue weighted by Crippen LogP contribution is 2.25. The van der Waals surface area contributed by atoms with Crippen LogP contribution in [-0.4, -0.2) is 58.8 Å². The van der Waals surface area contributed by atoms with Crippen LogP contribution >= 0.6 is 0 Å². The molecule has 1 aromatic heterocycles. The molecule has 2 rings (SSSR count). The van der Waals surface area contributed by atoms with E-state index < -0.39 is 5.54 Å². The molecule has 1 aliphatic rings. The monoisotopic (exact) mass is 290 g/mol. The van der Waals surface area contributed by atoms with Crippen LogP contribution in [0.15, 0.2) is 18.3 Å². The van der Waals surface area contributed by atoms with Gasteiger partial charge in [-0.3, -0.25) is 9.59 Å². The molecule has 6 nitrogen and oxygen atoms in total. The van der Waals surface area contributed by atoms with Crippen LogP contribution in [0.3, 0.4) is 0 Å². The summed E-state index contributed by atoms with van der Waals surface area (Å²) in [6, 6.07) is 3.48. The molecule has 0 atom stereocenters. The quantitative estimate of drug-likeness (QED) is 0.908. The molecule has 0 aromatic carbocycles. The van der Waals surface area contributed by atoms with E-state index in [1.165, 1.54) is 0 Å². The van der Waals surface area contributed by atoms with Crippen LogP contribution in [0.2, 0.25) is 0 Å². The zero-order valence-electron chi connectivity index (χ0n) is 13.0. The van der Waals surface area contributed by atoms with E-state index in [-0.39, 0.29) is 11.8 Å². The van der Waals surface area contributed by atoms with E-state index in [1.807, 2.05) is 6.92 Å². The van der Waals surface area contributed by atoms with Crippen molar-refractivity contribution >= 4 is 17.6 Å². The van der Waals surface area contributed by atoms with E-state index in [0.29, 0.717) is 31.0 Å². The Hall–Kier alpha value is -2.11. The summed E-state index contributed by atoms with van der Waals surface area (Å²) >= 11 is 0. The molecule has 0 unspecified atom stereocenters. The highest BCUT2D eigenvalue weighted by Gasteiger charge is 2.43. The standard InChI is InChI=1S/C15H22N4O2/c1-5-16-12-11(7-6-8-17-12)13(20)19-10-9-18(4)14(21)15(19,2)3/h6-8H,5,9-10H2,1-4H3,(H,16,17). The second kappa shape index (κ2) is 5.71. The number of hydrogen-bond acceptors (Lipinski definition) is 4. The van der Waals surface area contributed by atoms with Crippen molar-refractivity contribution in [2.75, 3.05) is 32.0 Å². The van der Waals surface area contributed by atoms with Crippen LogP contribution in [0, 0.1) is 0 Å². The third-order valence-corrected chi connectivity index (χ3v) is 3.83. The van der Waals surface area contributed by atoms with Crippen molar-refractivity contribution in [2.24, 2.45) is 0 Å². The first kappa shape index (κ1) is 15.3. The fraction of sp³-hybridized carbons (Fsp3) is 0.533. The molecular weight excluding hydrogens is 268 g/mol.